The minimum Gasteiger partial charge on any atom is -0.467 e. The molecule has 0 aliphatic carbocycles. The SMILES string of the molecule is C=C(CC)O/C(=C\C)C(C)C. The third-order valence-corrected chi connectivity index (χ3v) is 1.51. The minimum atomic E-state index is 0.447. The molecule has 1 nitrogen and oxygen atoms in total. The molecule has 0 aliphatic heterocycles. The van der Waals surface area contributed by atoms with Gasteiger partial charge >= 0.3 is 0 Å². The summed E-state index contributed by atoms with van der Waals surface area (Å²) in [5, 5.41) is 0. The van der Waals surface area contributed by atoms with Gasteiger partial charge in [0.05, 0.1) is 5.76 Å². The van der Waals surface area contributed by atoms with Gasteiger partial charge in [0.25, 0.3) is 0 Å². The molecule has 0 unspecified atom stereocenters. The second kappa shape index (κ2) is 5.00. The van der Waals surface area contributed by atoms with Crippen molar-refractivity contribution in [2.75, 3.05) is 0 Å². The van der Waals surface area contributed by atoms with Gasteiger partial charge in [0.15, 0.2) is 0 Å². The zero-order valence-electron chi connectivity index (χ0n) is 7.98. The highest BCUT2D eigenvalue weighted by atomic mass is 16.5. The fourth-order valence-electron chi connectivity index (χ4n) is 0.749. The lowest BCUT2D eigenvalue weighted by Crippen LogP contribution is -1.98. The van der Waals surface area contributed by atoms with Gasteiger partial charge in [-0.25, -0.2) is 0 Å². The number of allylic oxidation sites excluding steroid dienone is 3. The van der Waals surface area contributed by atoms with Crippen LogP contribution in [0.3, 0.4) is 0 Å². The quantitative estimate of drug-likeness (QED) is 0.563. The number of ether oxygens (including phenoxy) is 1. The van der Waals surface area contributed by atoms with Gasteiger partial charge in [-0.3, -0.25) is 0 Å². The molecule has 64 valence electrons. The van der Waals surface area contributed by atoms with Crippen LogP contribution in [0.2, 0.25) is 0 Å². The lowest BCUT2D eigenvalue weighted by Gasteiger charge is -2.13. The van der Waals surface area contributed by atoms with E-state index in [2.05, 4.69) is 20.4 Å². The molecule has 0 saturated heterocycles. The Kier molecular flexibility index (Phi) is 4.67. The van der Waals surface area contributed by atoms with Crippen LogP contribution in [0.5, 0.6) is 0 Å². The van der Waals surface area contributed by atoms with Crippen molar-refractivity contribution in [2.45, 2.75) is 34.1 Å². The molecule has 0 bridgehead atoms. The molecule has 0 fully saturated rings. The maximum atomic E-state index is 5.48. The predicted molar refractivity (Wildman–Crippen MR) is 49.1 cm³/mol. The summed E-state index contributed by atoms with van der Waals surface area (Å²) in [4.78, 5) is 0. The van der Waals surface area contributed by atoms with Crippen LogP contribution in [-0.2, 0) is 4.74 Å². The normalized spacial score (nSPS) is 11.9. The maximum Gasteiger partial charge on any atom is 0.102 e. The Labute approximate surface area is 69.8 Å². The summed E-state index contributed by atoms with van der Waals surface area (Å²) in [7, 11) is 0. The van der Waals surface area contributed by atoms with Gasteiger partial charge in [0.1, 0.15) is 5.76 Å². The zero-order chi connectivity index (χ0) is 8.85. The van der Waals surface area contributed by atoms with Crippen molar-refractivity contribution < 1.29 is 4.74 Å². The predicted octanol–water partition coefficient (Wildman–Crippen LogP) is 3.49. The average Bonchev–Trinajstić information content (AvgIpc) is 1.99. The summed E-state index contributed by atoms with van der Waals surface area (Å²) in [6.07, 6.45) is 2.87. The molecule has 0 heterocycles. The molecule has 0 aliphatic rings. The fraction of sp³-hybridized carbons (Fsp3) is 0.600. The molecular formula is C10H18O. The van der Waals surface area contributed by atoms with Gasteiger partial charge in [-0.1, -0.05) is 27.4 Å². The largest absolute Gasteiger partial charge is 0.467 e. The Balaban J connectivity index is 4.00. The molecule has 1 heteroatoms. The summed E-state index contributed by atoms with van der Waals surface area (Å²) >= 11 is 0. The third kappa shape index (κ3) is 3.87. The standard InChI is InChI=1S/C10H18O/c1-6-9(5)11-10(7-2)8(3)4/h7-8H,5-6H2,1-4H3/b10-7-. The lowest BCUT2D eigenvalue weighted by molar-refractivity contribution is 0.258. The van der Waals surface area contributed by atoms with E-state index in [-0.39, 0.29) is 0 Å². The fourth-order valence-corrected chi connectivity index (χ4v) is 0.749. The van der Waals surface area contributed by atoms with Crippen molar-refractivity contribution in [3.63, 3.8) is 0 Å². The number of hydrogen-bond donors (Lipinski definition) is 0. The Morgan fingerprint density at radius 3 is 2.36 bits per heavy atom. The number of rotatable bonds is 4. The van der Waals surface area contributed by atoms with Crippen molar-refractivity contribution in [1.29, 1.82) is 0 Å². The second-order valence-corrected chi connectivity index (χ2v) is 2.84. The average molecular weight is 154 g/mol. The first kappa shape index (κ1) is 10.3. The summed E-state index contributed by atoms with van der Waals surface area (Å²) in [5.74, 6) is 2.30. The van der Waals surface area contributed by atoms with Crippen LogP contribution in [0.1, 0.15) is 34.1 Å². The molecule has 0 rings (SSSR count). The Hall–Kier alpha value is -0.720. The van der Waals surface area contributed by atoms with Crippen molar-refractivity contribution >= 4 is 0 Å². The van der Waals surface area contributed by atoms with E-state index in [9.17, 15) is 0 Å². The van der Waals surface area contributed by atoms with Gasteiger partial charge in [-0.2, -0.15) is 0 Å². The van der Waals surface area contributed by atoms with Gasteiger partial charge in [0.2, 0.25) is 0 Å². The molecule has 0 aromatic heterocycles. The van der Waals surface area contributed by atoms with E-state index in [0.717, 1.165) is 17.9 Å². The van der Waals surface area contributed by atoms with Gasteiger partial charge in [-0.05, 0) is 13.0 Å². The van der Waals surface area contributed by atoms with Crippen LogP contribution in [0.25, 0.3) is 0 Å². The second-order valence-electron chi connectivity index (χ2n) is 2.84. The van der Waals surface area contributed by atoms with E-state index >= 15 is 0 Å². The van der Waals surface area contributed by atoms with E-state index in [1.807, 2.05) is 19.9 Å². The highest BCUT2D eigenvalue weighted by Crippen LogP contribution is 2.15. The molecule has 0 radical (unpaired) electrons. The molecule has 0 amide bonds. The monoisotopic (exact) mass is 154 g/mol. The third-order valence-electron chi connectivity index (χ3n) is 1.51. The van der Waals surface area contributed by atoms with Crippen LogP contribution in [0.4, 0.5) is 0 Å². The Morgan fingerprint density at radius 2 is 2.09 bits per heavy atom. The molecule has 0 spiro atoms. The van der Waals surface area contributed by atoms with Crippen LogP contribution < -0.4 is 0 Å². The highest BCUT2D eigenvalue weighted by Gasteiger charge is 2.03. The molecule has 0 saturated carbocycles. The van der Waals surface area contributed by atoms with Crippen LogP contribution in [0, 0.1) is 5.92 Å². The van der Waals surface area contributed by atoms with Crippen molar-refractivity contribution in [1.82, 2.24) is 0 Å². The van der Waals surface area contributed by atoms with Crippen molar-refractivity contribution in [3.8, 4) is 0 Å². The molecule has 11 heavy (non-hydrogen) atoms. The molecular weight excluding hydrogens is 136 g/mol. The molecule has 0 aromatic carbocycles. The van der Waals surface area contributed by atoms with Crippen LogP contribution in [-0.4, -0.2) is 0 Å². The number of hydrogen-bond acceptors (Lipinski definition) is 1. The molecule has 0 atom stereocenters. The smallest absolute Gasteiger partial charge is 0.102 e. The van der Waals surface area contributed by atoms with Crippen LogP contribution >= 0.6 is 0 Å². The summed E-state index contributed by atoms with van der Waals surface area (Å²) in [6.45, 7) is 12.0. The molecule has 0 aromatic rings. The summed E-state index contributed by atoms with van der Waals surface area (Å²) < 4.78 is 5.48. The van der Waals surface area contributed by atoms with E-state index in [4.69, 9.17) is 4.74 Å². The lowest BCUT2D eigenvalue weighted by atomic mass is 10.2. The first-order valence-corrected chi connectivity index (χ1v) is 4.13. The summed E-state index contributed by atoms with van der Waals surface area (Å²) in [5.41, 5.74) is 0. The maximum absolute atomic E-state index is 5.48. The first-order chi connectivity index (χ1) is 5.11. The van der Waals surface area contributed by atoms with Gasteiger partial charge in [-0.15, -0.1) is 0 Å². The van der Waals surface area contributed by atoms with E-state index in [1.54, 1.807) is 0 Å². The van der Waals surface area contributed by atoms with Crippen molar-refractivity contribution in [3.05, 3.63) is 24.2 Å². The Bertz CT molecular complexity index is 154. The summed E-state index contributed by atoms with van der Waals surface area (Å²) in [6, 6.07) is 0. The Morgan fingerprint density at radius 1 is 1.55 bits per heavy atom. The van der Waals surface area contributed by atoms with E-state index < -0.39 is 0 Å². The molecule has 0 N–H and O–H groups in total. The highest BCUT2D eigenvalue weighted by molar-refractivity contribution is 4.99. The van der Waals surface area contributed by atoms with Crippen LogP contribution in [0.15, 0.2) is 24.2 Å². The zero-order valence-corrected chi connectivity index (χ0v) is 7.98. The van der Waals surface area contributed by atoms with Gasteiger partial charge in [0, 0.05) is 12.3 Å². The topological polar surface area (TPSA) is 9.23 Å². The van der Waals surface area contributed by atoms with Gasteiger partial charge < -0.3 is 4.74 Å². The van der Waals surface area contributed by atoms with Crippen molar-refractivity contribution in [2.24, 2.45) is 5.92 Å². The van der Waals surface area contributed by atoms with E-state index in [0.29, 0.717) is 5.92 Å². The minimum absolute atomic E-state index is 0.447. The first-order valence-electron chi connectivity index (χ1n) is 4.13. The van der Waals surface area contributed by atoms with E-state index in [1.165, 1.54) is 0 Å².